The number of amides is 2. The van der Waals surface area contributed by atoms with Crippen molar-refractivity contribution in [2.24, 2.45) is 0 Å². The summed E-state index contributed by atoms with van der Waals surface area (Å²) < 4.78 is 0. The maximum absolute atomic E-state index is 12.1. The van der Waals surface area contributed by atoms with E-state index in [0.717, 1.165) is 50.4 Å². The Morgan fingerprint density at radius 1 is 0.900 bits per heavy atom. The normalized spacial score (nSPS) is 15.0. The first-order valence-corrected chi connectivity index (χ1v) is 10.7. The van der Waals surface area contributed by atoms with Gasteiger partial charge in [0, 0.05) is 44.8 Å². The number of piperazine rings is 1. The highest BCUT2D eigenvalue weighted by molar-refractivity contribution is 5.96. The molecule has 1 saturated heterocycles. The van der Waals surface area contributed by atoms with Gasteiger partial charge in [-0.3, -0.25) is 14.5 Å². The van der Waals surface area contributed by atoms with E-state index in [4.69, 9.17) is 0 Å². The van der Waals surface area contributed by atoms with Gasteiger partial charge in [-0.2, -0.15) is 0 Å². The summed E-state index contributed by atoms with van der Waals surface area (Å²) >= 11 is 0. The molecule has 0 saturated carbocycles. The van der Waals surface area contributed by atoms with Gasteiger partial charge in [0.2, 0.25) is 5.91 Å². The third-order valence-corrected chi connectivity index (χ3v) is 5.52. The van der Waals surface area contributed by atoms with Crippen molar-refractivity contribution in [1.82, 2.24) is 20.4 Å². The van der Waals surface area contributed by atoms with Crippen molar-refractivity contribution >= 4 is 11.8 Å². The van der Waals surface area contributed by atoms with Crippen LogP contribution >= 0.6 is 0 Å². The van der Waals surface area contributed by atoms with E-state index in [9.17, 15) is 9.59 Å². The molecule has 0 spiro atoms. The highest BCUT2D eigenvalue weighted by atomic mass is 16.2. The summed E-state index contributed by atoms with van der Waals surface area (Å²) in [6.07, 6.45) is 0. The lowest BCUT2D eigenvalue weighted by Gasteiger charge is -2.34. The summed E-state index contributed by atoms with van der Waals surface area (Å²) in [6, 6.07) is 15.7. The van der Waals surface area contributed by atoms with Crippen molar-refractivity contribution in [1.29, 1.82) is 0 Å². The molecule has 0 aromatic heterocycles. The number of nitrogens with one attached hydrogen (secondary N) is 2. The van der Waals surface area contributed by atoms with E-state index in [0.29, 0.717) is 12.1 Å². The molecule has 6 heteroatoms. The van der Waals surface area contributed by atoms with Crippen LogP contribution in [0.15, 0.2) is 48.5 Å². The highest BCUT2D eigenvalue weighted by Gasteiger charge is 2.15. The van der Waals surface area contributed by atoms with E-state index in [-0.39, 0.29) is 18.4 Å². The maximum atomic E-state index is 12.1. The molecule has 0 radical (unpaired) electrons. The van der Waals surface area contributed by atoms with Crippen molar-refractivity contribution < 1.29 is 9.59 Å². The standard InChI is InChI=1S/C24H32N4O2/c1-3-27-11-13-28(14-12-27)18-21-9-7-20(8-10-21)16-25-23(29)17-26-24(30)22-6-4-5-19(2)15-22/h4-10,15H,3,11-14,16-18H2,1-2H3,(H,25,29)(H,26,30). The Bertz CT molecular complexity index is 843. The second-order valence-electron chi connectivity index (χ2n) is 7.86. The summed E-state index contributed by atoms with van der Waals surface area (Å²) in [6.45, 7) is 11.2. The Morgan fingerprint density at radius 2 is 1.57 bits per heavy atom. The Labute approximate surface area is 179 Å². The number of hydrogen-bond donors (Lipinski definition) is 2. The van der Waals surface area contributed by atoms with Crippen molar-refractivity contribution in [3.63, 3.8) is 0 Å². The molecule has 2 aromatic carbocycles. The number of hydrogen-bond acceptors (Lipinski definition) is 4. The predicted octanol–water partition coefficient (Wildman–Crippen LogP) is 2.18. The zero-order chi connectivity index (χ0) is 21.3. The Hall–Kier alpha value is -2.70. The van der Waals surface area contributed by atoms with Crippen LogP contribution in [0.25, 0.3) is 0 Å². The van der Waals surface area contributed by atoms with E-state index in [1.807, 2.05) is 19.1 Å². The van der Waals surface area contributed by atoms with Gasteiger partial charge in [-0.1, -0.05) is 48.9 Å². The van der Waals surface area contributed by atoms with E-state index in [1.54, 1.807) is 12.1 Å². The topological polar surface area (TPSA) is 64.7 Å². The Kier molecular flexibility index (Phi) is 7.99. The third-order valence-electron chi connectivity index (χ3n) is 5.52. The number of benzene rings is 2. The summed E-state index contributed by atoms with van der Waals surface area (Å²) in [5.41, 5.74) is 3.92. The molecule has 160 valence electrons. The first kappa shape index (κ1) is 22.0. The van der Waals surface area contributed by atoms with Crippen LogP contribution in [-0.2, 0) is 17.9 Å². The minimum absolute atomic E-state index is 0.0331. The van der Waals surface area contributed by atoms with Crippen LogP contribution in [0.5, 0.6) is 0 Å². The van der Waals surface area contributed by atoms with Gasteiger partial charge in [0.15, 0.2) is 0 Å². The maximum Gasteiger partial charge on any atom is 0.251 e. The average molecular weight is 409 g/mol. The average Bonchev–Trinajstić information content (AvgIpc) is 2.77. The van der Waals surface area contributed by atoms with Gasteiger partial charge in [0.05, 0.1) is 6.54 Å². The first-order chi connectivity index (χ1) is 14.5. The quantitative estimate of drug-likeness (QED) is 0.703. The van der Waals surface area contributed by atoms with Gasteiger partial charge < -0.3 is 15.5 Å². The lowest BCUT2D eigenvalue weighted by Crippen LogP contribution is -2.45. The fraction of sp³-hybridized carbons (Fsp3) is 0.417. The van der Waals surface area contributed by atoms with Gasteiger partial charge in [0.1, 0.15) is 0 Å². The number of carbonyl (C=O) groups is 2. The third kappa shape index (κ3) is 6.68. The molecular weight excluding hydrogens is 376 g/mol. The van der Waals surface area contributed by atoms with Crippen molar-refractivity contribution in [2.45, 2.75) is 26.9 Å². The van der Waals surface area contributed by atoms with E-state index in [2.05, 4.69) is 51.6 Å². The minimum atomic E-state index is -0.238. The number of nitrogens with zero attached hydrogens (tertiary/aromatic N) is 2. The van der Waals surface area contributed by atoms with Gasteiger partial charge in [-0.25, -0.2) is 0 Å². The smallest absolute Gasteiger partial charge is 0.251 e. The van der Waals surface area contributed by atoms with Crippen molar-refractivity contribution in [3.8, 4) is 0 Å². The van der Waals surface area contributed by atoms with E-state index >= 15 is 0 Å². The van der Waals surface area contributed by atoms with Gasteiger partial charge in [-0.05, 0) is 36.7 Å². The van der Waals surface area contributed by atoms with Gasteiger partial charge in [0.25, 0.3) is 5.91 Å². The second-order valence-corrected chi connectivity index (χ2v) is 7.86. The van der Waals surface area contributed by atoms with Crippen LogP contribution in [0.3, 0.4) is 0 Å². The molecule has 30 heavy (non-hydrogen) atoms. The lowest BCUT2D eigenvalue weighted by atomic mass is 10.1. The van der Waals surface area contributed by atoms with Gasteiger partial charge >= 0.3 is 0 Å². The Balaban J connectivity index is 1.38. The molecule has 0 bridgehead atoms. The monoisotopic (exact) mass is 408 g/mol. The van der Waals surface area contributed by atoms with Crippen LogP contribution in [0.4, 0.5) is 0 Å². The molecule has 3 rings (SSSR count). The summed E-state index contributed by atoms with van der Waals surface area (Å²) in [4.78, 5) is 29.1. The Morgan fingerprint density at radius 3 is 2.23 bits per heavy atom. The van der Waals surface area contributed by atoms with Crippen molar-refractivity contribution in [2.75, 3.05) is 39.3 Å². The molecule has 0 atom stereocenters. The zero-order valence-electron chi connectivity index (χ0n) is 18.0. The molecule has 1 fully saturated rings. The molecule has 6 nitrogen and oxygen atoms in total. The van der Waals surface area contributed by atoms with Crippen LogP contribution in [-0.4, -0.2) is 60.9 Å². The summed E-state index contributed by atoms with van der Waals surface area (Å²) in [5.74, 6) is -0.438. The van der Waals surface area contributed by atoms with Gasteiger partial charge in [-0.15, -0.1) is 0 Å². The first-order valence-electron chi connectivity index (χ1n) is 10.7. The molecule has 2 N–H and O–H groups in total. The van der Waals surface area contributed by atoms with Crippen LogP contribution < -0.4 is 10.6 Å². The van der Waals surface area contributed by atoms with Crippen LogP contribution in [0.1, 0.15) is 34.0 Å². The molecule has 2 amide bonds. The van der Waals surface area contributed by atoms with Crippen LogP contribution in [0, 0.1) is 6.92 Å². The molecule has 0 aliphatic carbocycles. The molecule has 1 aliphatic rings. The summed E-state index contributed by atoms with van der Waals surface area (Å²) in [5, 5.41) is 5.52. The molecule has 1 heterocycles. The molecule has 0 unspecified atom stereocenters. The zero-order valence-corrected chi connectivity index (χ0v) is 18.0. The second kappa shape index (κ2) is 10.9. The van der Waals surface area contributed by atoms with Crippen molar-refractivity contribution in [3.05, 3.63) is 70.8 Å². The molecule has 2 aromatic rings. The number of rotatable bonds is 8. The lowest BCUT2D eigenvalue weighted by molar-refractivity contribution is -0.120. The SMILES string of the molecule is CCN1CCN(Cc2ccc(CNC(=O)CNC(=O)c3cccc(C)c3)cc2)CC1. The van der Waals surface area contributed by atoms with E-state index in [1.165, 1.54) is 5.56 Å². The van der Waals surface area contributed by atoms with E-state index < -0.39 is 0 Å². The number of aryl methyl sites for hydroxylation is 1. The predicted molar refractivity (Wildman–Crippen MR) is 119 cm³/mol. The fourth-order valence-electron chi connectivity index (χ4n) is 3.60. The number of carbonyl (C=O) groups excluding carboxylic acids is 2. The minimum Gasteiger partial charge on any atom is -0.350 e. The fourth-order valence-corrected chi connectivity index (χ4v) is 3.60. The summed E-state index contributed by atoms with van der Waals surface area (Å²) in [7, 11) is 0. The number of likely N-dealkylation sites (N-methyl/N-ethyl adjacent to an activating group) is 1. The largest absolute Gasteiger partial charge is 0.350 e. The molecule has 1 aliphatic heterocycles. The van der Waals surface area contributed by atoms with Crippen LogP contribution in [0.2, 0.25) is 0 Å². The highest BCUT2D eigenvalue weighted by Crippen LogP contribution is 2.10. The molecular formula is C24H32N4O2.